The summed E-state index contributed by atoms with van der Waals surface area (Å²) in [4.78, 5) is 27.5. The highest BCUT2D eigenvalue weighted by molar-refractivity contribution is 5.77. The molecule has 22 heavy (non-hydrogen) atoms. The number of hydrogen-bond donors (Lipinski definition) is 2. The van der Waals surface area contributed by atoms with Gasteiger partial charge >= 0.3 is 11.7 Å². The van der Waals surface area contributed by atoms with Crippen LogP contribution in [0.25, 0.3) is 0 Å². The van der Waals surface area contributed by atoms with Crippen LogP contribution in [-0.4, -0.2) is 21.1 Å². The van der Waals surface area contributed by atoms with E-state index in [-0.39, 0.29) is 5.54 Å². The first-order chi connectivity index (χ1) is 10.4. The van der Waals surface area contributed by atoms with Gasteiger partial charge in [-0.25, -0.2) is 18.5 Å². The van der Waals surface area contributed by atoms with E-state index in [0.29, 0.717) is 22.3 Å². The van der Waals surface area contributed by atoms with Gasteiger partial charge in [-0.3, -0.25) is 0 Å². The lowest BCUT2D eigenvalue weighted by Gasteiger charge is -2.56. The van der Waals surface area contributed by atoms with E-state index in [2.05, 4.69) is 10.3 Å². The molecule has 6 nitrogen and oxygen atoms in total. The number of amides is 1. The van der Waals surface area contributed by atoms with Gasteiger partial charge in [0, 0.05) is 5.54 Å². The second-order valence-corrected chi connectivity index (χ2v) is 7.25. The highest BCUT2D eigenvalue weighted by atomic mass is 19.1. The smallest absolute Gasteiger partial charge is 0.357 e. The van der Waals surface area contributed by atoms with Gasteiger partial charge in [-0.1, -0.05) is 0 Å². The van der Waals surface area contributed by atoms with Gasteiger partial charge in [0.25, 0.3) is 0 Å². The first kappa shape index (κ1) is 13.7. The second kappa shape index (κ2) is 4.54. The molecule has 0 aliphatic heterocycles. The Morgan fingerprint density at radius 2 is 1.82 bits per heavy atom. The first-order valence-corrected chi connectivity index (χ1v) is 7.81. The van der Waals surface area contributed by atoms with Crippen LogP contribution in [0, 0.1) is 23.6 Å². The van der Waals surface area contributed by atoms with Crippen LogP contribution in [0.3, 0.4) is 0 Å². The number of rotatable bonds is 1. The molecule has 4 aliphatic carbocycles. The number of carbonyl (C=O) groups excluding carboxylic acids is 1. The van der Waals surface area contributed by atoms with Gasteiger partial charge in [-0.05, 0) is 56.3 Å². The zero-order chi connectivity index (χ0) is 15.5. The van der Waals surface area contributed by atoms with E-state index in [1.807, 2.05) is 0 Å². The van der Waals surface area contributed by atoms with Gasteiger partial charge in [0.15, 0.2) is 11.6 Å². The molecular weight excluding hydrogens is 287 g/mol. The molecule has 1 amide bonds. The van der Waals surface area contributed by atoms with Crippen molar-refractivity contribution in [3.63, 3.8) is 0 Å². The van der Waals surface area contributed by atoms with E-state index in [1.165, 1.54) is 19.3 Å². The van der Waals surface area contributed by atoms with Gasteiger partial charge < -0.3 is 11.1 Å². The maximum absolute atomic E-state index is 13.5. The third kappa shape index (κ3) is 2.10. The Morgan fingerprint density at radius 3 is 2.36 bits per heavy atom. The molecule has 4 saturated carbocycles. The summed E-state index contributed by atoms with van der Waals surface area (Å²) in [7, 11) is 0. The lowest BCUT2D eigenvalue weighted by atomic mass is 9.53. The Morgan fingerprint density at radius 1 is 1.27 bits per heavy atom. The van der Waals surface area contributed by atoms with E-state index < -0.39 is 23.4 Å². The van der Waals surface area contributed by atoms with Gasteiger partial charge in [-0.15, -0.1) is 0 Å². The van der Waals surface area contributed by atoms with Gasteiger partial charge in [0.1, 0.15) is 0 Å². The monoisotopic (exact) mass is 306 g/mol. The summed E-state index contributed by atoms with van der Waals surface area (Å²) in [5.74, 6) is 0.669. The fraction of sp³-hybridized carbons (Fsp3) is 0.667. The van der Waals surface area contributed by atoms with Crippen molar-refractivity contribution in [2.24, 2.45) is 17.8 Å². The van der Waals surface area contributed by atoms with Crippen LogP contribution in [-0.2, 0) is 0 Å². The molecule has 118 valence electrons. The molecule has 0 spiro atoms. The number of nitrogens with two attached hydrogens (primary N) is 1. The Bertz CT molecular complexity index is 664. The van der Waals surface area contributed by atoms with Crippen molar-refractivity contribution < 1.29 is 9.18 Å². The van der Waals surface area contributed by atoms with Gasteiger partial charge in [0.2, 0.25) is 0 Å². The van der Waals surface area contributed by atoms with Crippen molar-refractivity contribution in [1.82, 2.24) is 14.9 Å². The summed E-state index contributed by atoms with van der Waals surface area (Å²) >= 11 is 0. The van der Waals surface area contributed by atoms with Gasteiger partial charge in [-0.2, -0.15) is 4.98 Å². The van der Waals surface area contributed by atoms with Crippen molar-refractivity contribution in [3.05, 3.63) is 22.5 Å². The quantitative estimate of drug-likeness (QED) is 0.822. The fourth-order valence-corrected chi connectivity index (χ4v) is 5.14. The minimum Gasteiger partial charge on any atom is -0.381 e. The Labute approximate surface area is 126 Å². The van der Waals surface area contributed by atoms with Crippen LogP contribution in [0.15, 0.2) is 11.0 Å². The third-order valence-electron chi connectivity index (χ3n) is 5.54. The normalized spacial score (nSPS) is 35.6. The number of hydrogen-bond acceptors (Lipinski definition) is 4. The highest BCUT2D eigenvalue weighted by Crippen LogP contribution is 2.55. The van der Waals surface area contributed by atoms with Crippen molar-refractivity contribution in [2.45, 2.75) is 44.1 Å². The highest BCUT2D eigenvalue weighted by Gasteiger charge is 2.51. The van der Waals surface area contributed by atoms with Crippen LogP contribution in [0.2, 0.25) is 0 Å². The summed E-state index contributed by atoms with van der Waals surface area (Å²) in [6, 6.07) is -0.599. The van der Waals surface area contributed by atoms with Crippen LogP contribution in [0.5, 0.6) is 0 Å². The zero-order valence-corrected chi connectivity index (χ0v) is 12.2. The summed E-state index contributed by atoms with van der Waals surface area (Å²) in [6.07, 6.45) is 7.48. The van der Waals surface area contributed by atoms with Crippen LogP contribution in [0.1, 0.15) is 38.5 Å². The predicted octanol–water partition coefficient (Wildman–Crippen LogP) is 1.49. The SMILES string of the molecule is Nc1nc(=O)n(C(=O)NC23CC4CC(CC(C4)C2)C3)cc1F. The number of carbonyl (C=O) groups is 1. The maximum Gasteiger partial charge on any atom is 0.357 e. The molecule has 4 fully saturated rings. The number of nitrogens with zero attached hydrogens (tertiary/aromatic N) is 2. The second-order valence-electron chi connectivity index (χ2n) is 7.25. The topological polar surface area (TPSA) is 90.0 Å². The molecule has 4 aliphatic rings. The standard InChI is InChI=1S/C15H19FN4O2/c16-11-7-20(13(21)18-12(11)17)14(22)19-15-4-8-1-9(5-15)3-10(2-8)6-15/h7-10H,1-6H2,(H,19,22)(H2,17,18,21). The predicted molar refractivity (Wildman–Crippen MR) is 77.7 cm³/mol. The number of nitrogen functional groups attached to an aromatic ring is 1. The van der Waals surface area contributed by atoms with E-state index in [9.17, 15) is 14.0 Å². The number of halogens is 1. The molecule has 1 aromatic rings. The molecule has 0 saturated heterocycles. The maximum atomic E-state index is 13.5. The van der Waals surface area contributed by atoms with Gasteiger partial charge in [0.05, 0.1) is 6.20 Å². The average molecular weight is 306 g/mol. The minimum atomic E-state index is -0.861. The Balaban J connectivity index is 1.60. The summed E-state index contributed by atoms with van der Waals surface area (Å²) in [5.41, 5.74) is 4.17. The zero-order valence-electron chi connectivity index (χ0n) is 12.2. The molecule has 1 heterocycles. The van der Waals surface area contributed by atoms with Crippen LogP contribution in [0.4, 0.5) is 15.0 Å². The average Bonchev–Trinajstić information content (AvgIpc) is 2.40. The lowest BCUT2D eigenvalue weighted by molar-refractivity contribution is -0.0135. The Kier molecular flexibility index (Phi) is 2.83. The third-order valence-corrected chi connectivity index (χ3v) is 5.54. The molecule has 3 N–H and O–H groups in total. The Hall–Kier alpha value is -1.92. The fourth-order valence-electron chi connectivity index (χ4n) is 5.14. The van der Waals surface area contributed by atoms with Crippen molar-refractivity contribution in [2.75, 3.05) is 5.73 Å². The van der Waals surface area contributed by atoms with Crippen LogP contribution < -0.4 is 16.7 Å². The molecule has 5 rings (SSSR count). The largest absolute Gasteiger partial charge is 0.381 e. The van der Waals surface area contributed by atoms with E-state index in [1.54, 1.807) is 0 Å². The van der Waals surface area contributed by atoms with E-state index >= 15 is 0 Å². The van der Waals surface area contributed by atoms with E-state index in [0.717, 1.165) is 25.5 Å². The molecule has 0 atom stereocenters. The molecule has 0 radical (unpaired) electrons. The van der Waals surface area contributed by atoms with Crippen molar-refractivity contribution in [3.8, 4) is 0 Å². The summed E-state index contributed by atoms with van der Waals surface area (Å²) in [6.45, 7) is 0. The van der Waals surface area contributed by atoms with E-state index in [4.69, 9.17) is 5.73 Å². The molecule has 0 aromatic carbocycles. The molecule has 4 bridgehead atoms. The molecule has 7 heteroatoms. The van der Waals surface area contributed by atoms with Crippen LogP contribution >= 0.6 is 0 Å². The molecule has 0 unspecified atom stereocenters. The van der Waals surface area contributed by atoms with Crippen molar-refractivity contribution >= 4 is 11.8 Å². The molecular formula is C15H19FN4O2. The number of aromatic nitrogens is 2. The number of anilines is 1. The lowest BCUT2D eigenvalue weighted by Crippen LogP contribution is -2.61. The minimum absolute atomic E-state index is 0.233. The summed E-state index contributed by atoms with van der Waals surface area (Å²) in [5, 5.41) is 3.00. The number of nitrogens with one attached hydrogen (secondary N) is 1. The summed E-state index contributed by atoms with van der Waals surface area (Å²) < 4.78 is 14.2. The van der Waals surface area contributed by atoms with Crippen molar-refractivity contribution in [1.29, 1.82) is 0 Å². The molecule has 1 aromatic heterocycles. The first-order valence-electron chi connectivity index (χ1n) is 7.81.